The van der Waals surface area contributed by atoms with Gasteiger partial charge in [-0.3, -0.25) is 0 Å². The summed E-state index contributed by atoms with van der Waals surface area (Å²) in [5, 5.41) is 20.6. The topological polar surface area (TPSA) is 77.4 Å². The van der Waals surface area contributed by atoms with Gasteiger partial charge >= 0.3 is 0 Å². The molecule has 0 aliphatic heterocycles. The van der Waals surface area contributed by atoms with Gasteiger partial charge in [0.05, 0.1) is 0 Å². The van der Waals surface area contributed by atoms with Gasteiger partial charge in [-0.1, -0.05) is 121 Å². The minimum Gasteiger partial charge on any atom is -0.377 e. The Morgan fingerprint density at radius 3 is 1.12 bits per heavy atom. The summed E-state index contributed by atoms with van der Waals surface area (Å²) in [6.45, 7) is 0.202. The highest BCUT2D eigenvalue weighted by atomic mass is 16.7. The third-order valence-electron chi connectivity index (χ3n) is 5.84. The molecule has 0 aliphatic rings. The molecular formula is C36H36O6. The van der Waals surface area contributed by atoms with Crippen molar-refractivity contribution < 1.29 is 29.2 Å². The number of hydrogen-bond donors (Lipinski definition) is 2. The summed E-state index contributed by atoms with van der Waals surface area (Å²) in [6.07, 6.45) is -2.93. The Morgan fingerprint density at radius 1 is 0.500 bits per heavy atom. The summed E-state index contributed by atoms with van der Waals surface area (Å²) in [5.41, 5.74) is 3.44. The largest absolute Gasteiger partial charge is 0.377 e. The lowest BCUT2D eigenvalue weighted by Gasteiger charge is -2.19. The van der Waals surface area contributed by atoms with E-state index < -0.39 is 24.4 Å². The Balaban J connectivity index is 0.000000230. The summed E-state index contributed by atoms with van der Waals surface area (Å²) >= 11 is 0. The van der Waals surface area contributed by atoms with Crippen molar-refractivity contribution in [1.29, 1.82) is 0 Å². The third kappa shape index (κ3) is 11.3. The fourth-order valence-corrected chi connectivity index (χ4v) is 3.82. The molecule has 0 aliphatic carbocycles. The normalized spacial score (nSPS) is 13.0. The van der Waals surface area contributed by atoms with E-state index >= 15 is 0 Å². The van der Waals surface area contributed by atoms with Crippen LogP contribution in [0.2, 0.25) is 0 Å². The van der Waals surface area contributed by atoms with Gasteiger partial charge in [-0.2, -0.15) is 0 Å². The summed E-state index contributed by atoms with van der Waals surface area (Å²) in [7, 11) is 3.09. The average molecular weight is 565 g/mol. The van der Waals surface area contributed by atoms with Crippen molar-refractivity contribution in [3.63, 3.8) is 0 Å². The van der Waals surface area contributed by atoms with Gasteiger partial charge in [0.2, 0.25) is 0 Å². The van der Waals surface area contributed by atoms with E-state index in [1.807, 2.05) is 121 Å². The van der Waals surface area contributed by atoms with E-state index in [1.54, 1.807) is 14.2 Å². The van der Waals surface area contributed by atoms with Gasteiger partial charge in [0.1, 0.15) is 38.0 Å². The molecule has 6 heteroatoms. The number of benzene rings is 4. The van der Waals surface area contributed by atoms with Crippen LogP contribution in [0, 0.1) is 23.7 Å². The van der Waals surface area contributed by atoms with Gasteiger partial charge in [-0.05, 0) is 35.4 Å². The van der Waals surface area contributed by atoms with Crippen LogP contribution in [0.5, 0.6) is 0 Å². The quantitative estimate of drug-likeness (QED) is 0.195. The Bertz CT molecular complexity index is 1280. The molecule has 0 fully saturated rings. The van der Waals surface area contributed by atoms with Crippen LogP contribution in [0.1, 0.15) is 34.5 Å². The van der Waals surface area contributed by atoms with Crippen molar-refractivity contribution in [2.45, 2.75) is 24.4 Å². The zero-order chi connectivity index (χ0) is 29.8. The van der Waals surface area contributed by atoms with E-state index in [4.69, 9.17) is 18.9 Å². The molecule has 0 radical (unpaired) electrons. The van der Waals surface area contributed by atoms with E-state index in [1.165, 1.54) is 0 Å². The molecule has 0 spiro atoms. The predicted octanol–water partition coefficient (Wildman–Crippen LogP) is 5.52. The molecular weight excluding hydrogens is 528 g/mol. The third-order valence-corrected chi connectivity index (χ3v) is 5.84. The highest BCUT2D eigenvalue weighted by molar-refractivity contribution is 5.36. The molecule has 0 heterocycles. The van der Waals surface area contributed by atoms with Crippen LogP contribution in [-0.2, 0) is 18.9 Å². The molecule has 6 nitrogen and oxygen atoms in total. The molecule has 4 atom stereocenters. The molecule has 4 rings (SSSR count). The maximum Gasteiger partial charge on any atom is 0.147 e. The first kappa shape index (κ1) is 32.3. The lowest BCUT2D eigenvalue weighted by molar-refractivity contribution is -0.102. The Labute approximate surface area is 248 Å². The number of ether oxygens (including phenoxy) is 4. The molecule has 4 aromatic carbocycles. The fraction of sp³-hybridized carbons (Fsp3) is 0.222. The van der Waals surface area contributed by atoms with Crippen LogP contribution in [-0.4, -0.2) is 50.2 Å². The van der Waals surface area contributed by atoms with Gasteiger partial charge in [-0.25, -0.2) is 0 Å². The minimum absolute atomic E-state index is 0.101. The van der Waals surface area contributed by atoms with E-state index in [0.717, 1.165) is 22.3 Å². The van der Waals surface area contributed by atoms with Crippen LogP contribution in [0.3, 0.4) is 0 Å². The number of aliphatic hydroxyl groups excluding tert-OH is 2. The molecule has 0 aromatic heterocycles. The maximum atomic E-state index is 10.3. The Morgan fingerprint density at radius 2 is 0.810 bits per heavy atom. The highest BCUT2D eigenvalue weighted by Gasteiger charge is 2.21. The molecule has 0 unspecified atom stereocenters. The maximum absolute atomic E-state index is 10.3. The van der Waals surface area contributed by atoms with Gasteiger partial charge in [0.25, 0.3) is 0 Å². The molecule has 4 aromatic rings. The van der Waals surface area contributed by atoms with Gasteiger partial charge in [0.15, 0.2) is 0 Å². The van der Waals surface area contributed by atoms with Crippen molar-refractivity contribution in [2.75, 3.05) is 27.8 Å². The van der Waals surface area contributed by atoms with Crippen molar-refractivity contribution in [3.8, 4) is 23.7 Å². The number of hydrogen-bond acceptors (Lipinski definition) is 6. The second-order valence-corrected chi connectivity index (χ2v) is 8.97. The first-order valence-corrected chi connectivity index (χ1v) is 13.4. The predicted molar refractivity (Wildman–Crippen MR) is 163 cm³/mol. The van der Waals surface area contributed by atoms with Crippen LogP contribution in [0.4, 0.5) is 0 Å². The van der Waals surface area contributed by atoms with Crippen LogP contribution in [0.25, 0.3) is 0 Å². The van der Waals surface area contributed by atoms with Crippen molar-refractivity contribution in [1.82, 2.24) is 0 Å². The summed E-state index contributed by atoms with van der Waals surface area (Å²) in [6, 6.07) is 38.1. The van der Waals surface area contributed by atoms with E-state index in [9.17, 15) is 10.2 Å². The lowest BCUT2D eigenvalue weighted by atomic mass is 10.0. The van der Waals surface area contributed by atoms with E-state index in [-0.39, 0.29) is 13.6 Å². The summed E-state index contributed by atoms with van der Waals surface area (Å²) in [4.78, 5) is 0. The van der Waals surface area contributed by atoms with Crippen molar-refractivity contribution >= 4 is 0 Å². The highest BCUT2D eigenvalue weighted by Crippen LogP contribution is 2.22. The minimum atomic E-state index is -0.928. The van der Waals surface area contributed by atoms with Crippen LogP contribution >= 0.6 is 0 Å². The van der Waals surface area contributed by atoms with Gasteiger partial charge in [0, 0.05) is 25.3 Å². The smallest absolute Gasteiger partial charge is 0.147 e. The molecule has 216 valence electrons. The standard InChI is InChI=1S/2C18H18O3/c2*1-20-14-21-18(16-10-6-3-7-11-16)17(19)13-12-15-8-4-2-5-9-15/h2*2-11,17-19H,14H2,1H3/t17-,18+;17-,18-/m10/s1. The van der Waals surface area contributed by atoms with E-state index in [0.29, 0.717) is 0 Å². The van der Waals surface area contributed by atoms with Gasteiger partial charge in [-0.15, -0.1) is 0 Å². The first-order valence-electron chi connectivity index (χ1n) is 13.4. The number of rotatable bonds is 10. The van der Waals surface area contributed by atoms with Crippen molar-refractivity contribution in [2.24, 2.45) is 0 Å². The summed E-state index contributed by atoms with van der Waals surface area (Å²) < 4.78 is 21.0. The van der Waals surface area contributed by atoms with Gasteiger partial charge < -0.3 is 29.2 Å². The number of aliphatic hydroxyl groups is 2. The Kier molecular flexibility index (Phi) is 14.6. The molecule has 0 saturated heterocycles. The van der Waals surface area contributed by atoms with Crippen LogP contribution in [0.15, 0.2) is 121 Å². The SMILES string of the molecule is COCO[C@@H](c1ccccc1)[C@@H](O)C#Cc1ccccc1.COCO[C@@H](c1ccccc1)[C@H](O)C#Cc1ccccc1. The first-order chi connectivity index (χ1) is 20.6. The average Bonchev–Trinajstić information content (AvgIpc) is 3.05. The molecule has 0 amide bonds. The molecule has 0 saturated carbocycles. The molecule has 2 N–H and O–H groups in total. The second-order valence-electron chi connectivity index (χ2n) is 8.97. The van der Waals surface area contributed by atoms with Crippen molar-refractivity contribution in [3.05, 3.63) is 144 Å². The van der Waals surface area contributed by atoms with E-state index in [2.05, 4.69) is 23.7 Å². The molecule has 42 heavy (non-hydrogen) atoms. The second kappa shape index (κ2) is 19.0. The number of methoxy groups -OCH3 is 2. The molecule has 0 bridgehead atoms. The summed E-state index contributed by atoms with van der Waals surface area (Å²) in [5.74, 6) is 11.6. The zero-order valence-electron chi connectivity index (χ0n) is 23.8. The monoisotopic (exact) mass is 564 g/mol. The Hall–Kier alpha value is -4.24. The lowest BCUT2D eigenvalue weighted by Crippen LogP contribution is -2.20. The zero-order valence-corrected chi connectivity index (χ0v) is 23.8. The van der Waals surface area contributed by atoms with Crippen LogP contribution < -0.4 is 0 Å². The fourth-order valence-electron chi connectivity index (χ4n) is 3.82.